The van der Waals surface area contributed by atoms with Crippen molar-refractivity contribution in [2.45, 2.75) is 37.9 Å². The van der Waals surface area contributed by atoms with Gasteiger partial charge >= 0.3 is 5.92 Å². The molecule has 0 spiro atoms. The first-order valence-electron chi connectivity index (χ1n) is 10.5. The summed E-state index contributed by atoms with van der Waals surface area (Å²) in [6, 6.07) is 21.0. The van der Waals surface area contributed by atoms with Crippen LogP contribution in [-0.4, -0.2) is 25.4 Å². The van der Waals surface area contributed by atoms with Crippen LogP contribution >= 0.6 is 0 Å². The highest BCUT2D eigenvalue weighted by Crippen LogP contribution is 2.33. The second kappa shape index (κ2) is 9.25. The molecule has 0 saturated carbocycles. The largest absolute Gasteiger partial charge is 0.347 e. The summed E-state index contributed by atoms with van der Waals surface area (Å²) < 4.78 is 53.9. The Morgan fingerprint density at radius 2 is 1.48 bits per heavy atom. The molecule has 0 radical (unpaired) electrons. The fourth-order valence-corrected chi connectivity index (χ4v) is 3.80. The van der Waals surface area contributed by atoms with Crippen LogP contribution in [0.5, 0.6) is 0 Å². The lowest BCUT2D eigenvalue weighted by Gasteiger charge is -2.34. The van der Waals surface area contributed by atoms with Crippen molar-refractivity contribution in [3.8, 4) is 11.1 Å². The minimum Gasteiger partial charge on any atom is -0.347 e. The molecule has 0 N–H and O–H groups in total. The molecule has 31 heavy (non-hydrogen) atoms. The van der Waals surface area contributed by atoms with E-state index in [1.54, 1.807) is 36.4 Å². The van der Waals surface area contributed by atoms with E-state index in [-0.39, 0.29) is 24.9 Å². The lowest BCUT2D eigenvalue weighted by molar-refractivity contribution is -0.282. The number of ether oxygens (including phenoxy) is 2. The number of halogens is 3. The number of benzene rings is 3. The monoisotopic (exact) mass is 426 g/mol. The lowest BCUT2D eigenvalue weighted by Crippen LogP contribution is -2.44. The highest BCUT2D eigenvalue weighted by Gasteiger charge is 2.44. The zero-order valence-electron chi connectivity index (χ0n) is 17.4. The summed E-state index contributed by atoms with van der Waals surface area (Å²) in [5, 5.41) is 0. The van der Waals surface area contributed by atoms with Crippen molar-refractivity contribution < 1.29 is 22.6 Å². The maximum atomic E-state index is 14.8. The normalized spacial score (nSPS) is 19.4. The maximum absolute atomic E-state index is 14.8. The van der Waals surface area contributed by atoms with Crippen LogP contribution in [0.3, 0.4) is 0 Å². The summed E-state index contributed by atoms with van der Waals surface area (Å²) in [6.07, 6.45) is -1.10. The van der Waals surface area contributed by atoms with E-state index >= 15 is 0 Å². The Bertz CT molecular complexity index is 992. The van der Waals surface area contributed by atoms with Crippen molar-refractivity contribution in [3.63, 3.8) is 0 Å². The molecule has 0 aromatic heterocycles. The highest BCUT2D eigenvalue weighted by atomic mass is 19.3. The summed E-state index contributed by atoms with van der Waals surface area (Å²) in [4.78, 5) is 0. The third kappa shape index (κ3) is 5.17. The molecule has 0 aliphatic carbocycles. The Morgan fingerprint density at radius 3 is 2.10 bits per heavy atom. The van der Waals surface area contributed by atoms with E-state index in [2.05, 4.69) is 6.92 Å². The minimum atomic E-state index is -3.16. The topological polar surface area (TPSA) is 18.5 Å². The molecular weight excluding hydrogens is 401 g/mol. The average Bonchev–Trinajstić information content (AvgIpc) is 2.79. The van der Waals surface area contributed by atoms with Crippen molar-refractivity contribution in [1.29, 1.82) is 0 Å². The van der Waals surface area contributed by atoms with E-state index in [0.717, 1.165) is 17.5 Å². The fourth-order valence-electron chi connectivity index (χ4n) is 3.80. The van der Waals surface area contributed by atoms with Crippen molar-refractivity contribution in [1.82, 2.24) is 0 Å². The van der Waals surface area contributed by atoms with Gasteiger partial charge in [-0.05, 0) is 46.4 Å². The molecule has 1 heterocycles. The van der Waals surface area contributed by atoms with Crippen LogP contribution in [0.25, 0.3) is 11.1 Å². The lowest BCUT2D eigenvalue weighted by atomic mass is 9.97. The predicted molar refractivity (Wildman–Crippen MR) is 115 cm³/mol. The first-order chi connectivity index (χ1) is 14.9. The Hall–Kier alpha value is -2.63. The summed E-state index contributed by atoms with van der Waals surface area (Å²) in [7, 11) is 0. The molecule has 0 amide bonds. The predicted octanol–water partition coefficient (Wildman–Crippen LogP) is 6.39. The number of rotatable bonds is 6. The molecule has 1 aliphatic rings. The minimum absolute atomic E-state index is 0.0523. The van der Waals surface area contributed by atoms with Crippen LogP contribution in [0.15, 0.2) is 72.8 Å². The first-order valence-corrected chi connectivity index (χ1v) is 10.5. The Morgan fingerprint density at radius 1 is 0.839 bits per heavy atom. The van der Waals surface area contributed by atoms with Crippen molar-refractivity contribution in [3.05, 3.63) is 95.3 Å². The van der Waals surface area contributed by atoms with Gasteiger partial charge in [-0.15, -0.1) is 0 Å². The molecule has 4 rings (SSSR count). The third-order valence-corrected chi connectivity index (χ3v) is 5.65. The zero-order valence-corrected chi connectivity index (χ0v) is 17.4. The molecule has 0 bridgehead atoms. The van der Waals surface area contributed by atoms with Crippen molar-refractivity contribution in [2.75, 3.05) is 13.2 Å². The summed E-state index contributed by atoms with van der Waals surface area (Å²) >= 11 is 0. The van der Waals surface area contributed by atoms with Gasteiger partial charge in [0.15, 0.2) is 0 Å². The average molecular weight is 426 g/mol. The number of hydrogen-bond donors (Lipinski definition) is 0. The van der Waals surface area contributed by atoms with Gasteiger partial charge < -0.3 is 9.47 Å². The van der Waals surface area contributed by atoms with Gasteiger partial charge in [0.25, 0.3) is 0 Å². The van der Waals surface area contributed by atoms with Gasteiger partial charge in [0.2, 0.25) is 6.29 Å². The van der Waals surface area contributed by atoms with Crippen LogP contribution in [0.4, 0.5) is 13.2 Å². The van der Waals surface area contributed by atoms with E-state index < -0.39 is 18.6 Å². The molecular formula is C26H25F3O2. The van der Waals surface area contributed by atoms with Crippen molar-refractivity contribution in [2.24, 2.45) is 0 Å². The number of hydrogen-bond acceptors (Lipinski definition) is 2. The zero-order chi connectivity index (χ0) is 21.8. The SMILES string of the molecule is CCc1ccc(C2COC(C(F)(F)Cc3ccc(-c4cccc(F)c4)cc3)OC2)cc1. The number of aryl methyl sites for hydroxylation is 1. The van der Waals surface area contributed by atoms with Gasteiger partial charge in [-0.1, -0.05) is 67.6 Å². The van der Waals surface area contributed by atoms with Gasteiger partial charge in [-0.25, -0.2) is 13.2 Å². The van der Waals surface area contributed by atoms with E-state index in [1.165, 1.54) is 17.7 Å². The third-order valence-electron chi connectivity index (χ3n) is 5.65. The van der Waals surface area contributed by atoms with Gasteiger partial charge in [-0.2, -0.15) is 0 Å². The standard InChI is InChI=1S/C26H25F3O2/c1-2-18-6-10-21(11-7-18)23-16-30-25(31-17-23)26(28,29)15-19-8-12-20(13-9-19)22-4-3-5-24(27)14-22/h3-14,23,25H,2,15-17H2,1H3. The Balaban J connectivity index is 1.36. The van der Waals surface area contributed by atoms with Gasteiger partial charge in [0.05, 0.1) is 13.2 Å². The van der Waals surface area contributed by atoms with E-state index in [0.29, 0.717) is 11.1 Å². The van der Waals surface area contributed by atoms with E-state index in [1.807, 2.05) is 24.3 Å². The molecule has 3 aromatic carbocycles. The second-order valence-electron chi connectivity index (χ2n) is 7.94. The second-order valence-corrected chi connectivity index (χ2v) is 7.94. The molecule has 2 nitrogen and oxygen atoms in total. The quantitative estimate of drug-likeness (QED) is 0.455. The van der Waals surface area contributed by atoms with Gasteiger partial charge in [-0.3, -0.25) is 0 Å². The molecule has 1 aliphatic heterocycles. The molecule has 1 fully saturated rings. The van der Waals surface area contributed by atoms with Crippen LogP contribution in [0.2, 0.25) is 0 Å². The van der Waals surface area contributed by atoms with E-state index in [4.69, 9.17) is 9.47 Å². The van der Waals surface area contributed by atoms with Crippen molar-refractivity contribution >= 4 is 0 Å². The fraction of sp³-hybridized carbons (Fsp3) is 0.308. The van der Waals surface area contributed by atoms with Crippen LogP contribution in [0, 0.1) is 5.82 Å². The summed E-state index contributed by atoms with van der Waals surface area (Å²) in [5.74, 6) is -3.54. The van der Waals surface area contributed by atoms with Crippen LogP contribution in [0.1, 0.15) is 29.5 Å². The van der Waals surface area contributed by atoms with Gasteiger partial charge in [0.1, 0.15) is 5.82 Å². The smallest absolute Gasteiger partial charge is 0.301 e. The van der Waals surface area contributed by atoms with Crippen LogP contribution < -0.4 is 0 Å². The molecule has 3 aromatic rings. The molecule has 1 saturated heterocycles. The molecule has 0 atom stereocenters. The highest BCUT2D eigenvalue weighted by molar-refractivity contribution is 5.63. The number of alkyl halides is 2. The van der Waals surface area contributed by atoms with Gasteiger partial charge in [0, 0.05) is 12.3 Å². The molecule has 5 heteroatoms. The first kappa shape index (κ1) is 21.6. The Labute approximate surface area is 180 Å². The Kier molecular flexibility index (Phi) is 6.44. The van der Waals surface area contributed by atoms with Crippen LogP contribution in [-0.2, 0) is 22.3 Å². The maximum Gasteiger partial charge on any atom is 0.301 e. The summed E-state index contributed by atoms with van der Waals surface area (Å²) in [5.41, 5.74) is 4.21. The summed E-state index contributed by atoms with van der Waals surface area (Å²) in [6.45, 7) is 2.48. The van der Waals surface area contributed by atoms with E-state index in [9.17, 15) is 13.2 Å². The molecule has 162 valence electrons. The molecule has 0 unspecified atom stereocenters.